The molecule has 24 heavy (non-hydrogen) atoms. The fraction of sp³-hybridized carbons (Fsp3) is 0.333. The molecule has 1 aromatic carbocycles. The van der Waals surface area contributed by atoms with Gasteiger partial charge in [0.25, 0.3) is 0 Å². The van der Waals surface area contributed by atoms with Crippen LogP contribution in [0.1, 0.15) is 13.8 Å². The number of ether oxygens (including phenoxy) is 1. The van der Waals surface area contributed by atoms with Crippen LogP contribution in [0, 0.1) is 0 Å². The van der Waals surface area contributed by atoms with Gasteiger partial charge in [-0.1, -0.05) is 41.3 Å². The Morgan fingerprint density at radius 3 is 2.75 bits per heavy atom. The first-order valence-corrected chi connectivity index (χ1v) is 9.91. The smallest absolute Gasteiger partial charge is 0.319 e. The number of thioether (sulfide) groups is 2. The fourth-order valence-electron chi connectivity index (χ4n) is 1.59. The number of aromatic nitrogens is 2. The van der Waals surface area contributed by atoms with Crippen LogP contribution in [0.5, 0.6) is 0 Å². The van der Waals surface area contributed by atoms with E-state index in [1.165, 1.54) is 34.9 Å². The summed E-state index contributed by atoms with van der Waals surface area (Å²) >= 11 is 3.95. The summed E-state index contributed by atoms with van der Waals surface area (Å²) in [5, 5.41) is 10.7. The van der Waals surface area contributed by atoms with E-state index in [9.17, 15) is 9.59 Å². The minimum atomic E-state index is -0.366. The van der Waals surface area contributed by atoms with Crippen molar-refractivity contribution in [3.8, 4) is 0 Å². The van der Waals surface area contributed by atoms with Crippen molar-refractivity contribution in [2.45, 2.75) is 28.3 Å². The maximum atomic E-state index is 11.9. The van der Waals surface area contributed by atoms with E-state index in [1.54, 1.807) is 13.8 Å². The fourth-order valence-corrected chi connectivity index (χ4v) is 4.22. The van der Waals surface area contributed by atoms with Crippen LogP contribution in [0.2, 0.25) is 0 Å². The Morgan fingerprint density at radius 2 is 2.04 bits per heavy atom. The van der Waals surface area contributed by atoms with E-state index in [0.29, 0.717) is 21.8 Å². The molecular weight excluding hydrogens is 366 g/mol. The predicted octanol–water partition coefficient (Wildman–Crippen LogP) is 3.31. The van der Waals surface area contributed by atoms with Gasteiger partial charge in [0.05, 0.1) is 12.4 Å². The van der Waals surface area contributed by atoms with Crippen LogP contribution in [-0.4, -0.2) is 39.7 Å². The summed E-state index contributed by atoms with van der Waals surface area (Å²) in [5.74, 6) is -0.136. The number of hydrogen-bond donors (Lipinski definition) is 1. The molecule has 1 heterocycles. The highest BCUT2D eigenvalue weighted by Gasteiger charge is 2.18. The second-order valence-corrected chi connectivity index (χ2v) is 8.15. The monoisotopic (exact) mass is 383 g/mol. The number of carbonyl (C=O) groups is 2. The van der Waals surface area contributed by atoms with Crippen molar-refractivity contribution in [2.24, 2.45) is 0 Å². The topological polar surface area (TPSA) is 81.2 Å². The van der Waals surface area contributed by atoms with Crippen LogP contribution in [0.25, 0.3) is 0 Å². The van der Waals surface area contributed by atoms with Gasteiger partial charge in [0.1, 0.15) is 5.25 Å². The third kappa shape index (κ3) is 6.14. The van der Waals surface area contributed by atoms with Crippen LogP contribution < -0.4 is 5.32 Å². The standard InChI is InChI=1S/C15H17N3O3S3/c1-3-21-13(20)10(2)23-15-18-17-14(24-15)16-12(19)9-22-11-7-5-4-6-8-11/h4-8,10H,3,9H2,1-2H3,(H,16,17,19)/t10-/m1/s1. The molecule has 128 valence electrons. The highest BCUT2D eigenvalue weighted by atomic mass is 32.2. The molecule has 6 nitrogen and oxygen atoms in total. The molecule has 0 aliphatic heterocycles. The molecule has 0 aliphatic rings. The Bertz CT molecular complexity index is 679. The number of rotatable bonds is 8. The number of benzene rings is 1. The van der Waals surface area contributed by atoms with Crippen molar-refractivity contribution in [1.82, 2.24) is 10.2 Å². The molecule has 1 aromatic heterocycles. The Kier molecular flexibility index (Phi) is 7.54. The number of nitrogens with one attached hydrogen (secondary N) is 1. The second kappa shape index (κ2) is 9.65. The lowest BCUT2D eigenvalue weighted by Gasteiger charge is -2.06. The van der Waals surface area contributed by atoms with Crippen LogP contribution in [0.15, 0.2) is 39.6 Å². The lowest BCUT2D eigenvalue weighted by Crippen LogP contribution is -2.16. The van der Waals surface area contributed by atoms with Gasteiger partial charge < -0.3 is 4.74 Å². The first-order chi connectivity index (χ1) is 11.6. The Balaban J connectivity index is 1.80. The molecule has 0 fully saturated rings. The molecule has 0 aliphatic carbocycles. The molecule has 1 atom stereocenters. The van der Waals surface area contributed by atoms with E-state index >= 15 is 0 Å². The number of nitrogens with zero attached hydrogens (tertiary/aromatic N) is 2. The summed E-state index contributed by atoms with van der Waals surface area (Å²) in [6.45, 7) is 3.86. The van der Waals surface area contributed by atoms with Crippen molar-refractivity contribution in [2.75, 3.05) is 17.7 Å². The minimum absolute atomic E-state index is 0.144. The third-order valence-electron chi connectivity index (χ3n) is 2.66. The third-order valence-corrected chi connectivity index (χ3v) is 5.68. The molecule has 2 rings (SSSR count). The largest absolute Gasteiger partial charge is 0.465 e. The minimum Gasteiger partial charge on any atom is -0.465 e. The van der Waals surface area contributed by atoms with Crippen LogP contribution in [0.4, 0.5) is 5.13 Å². The zero-order valence-electron chi connectivity index (χ0n) is 13.2. The molecule has 2 aromatic rings. The number of anilines is 1. The summed E-state index contributed by atoms with van der Waals surface area (Å²) in [6.07, 6.45) is 0. The van der Waals surface area contributed by atoms with Gasteiger partial charge in [0.2, 0.25) is 11.0 Å². The van der Waals surface area contributed by atoms with E-state index in [4.69, 9.17) is 4.74 Å². The van der Waals surface area contributed by atoms with E-state index < -0.39 is 0 Å². The molecule has 1 N–H and O–H groups in total. The SMILES string of the molecule is CCOC(=O)[C@@H](C)Sc1nnc(NC(=O)CSc2ccccc2)s1. The maximum absolute atomic E-state index is 11.9. The van der Waals surface area contributed by atoms with Gasteiger partial charge in [-0.3, -0.25) is 14.9 Å². The zero-order valence-corrected chi connectivity index (χ0v) is 15.7. The van der Waals surface area contributed by atoms with E-state index in [0.717, 1.165) is 4.90 Å². The van der Waals surface area contributed by atoms with Gasteiger partial charge in [-0.05, 0) is 26.0 Å². The first kappa shape index (κ1) is 18.8. The number of amides is 1. The lowest BCUT2D eigenvalue weighted by atomic mass is 10.4. The molecule has 0 saturated carbocycles. The zero-order chi connectivity index (χ0) is 17.4. The normalized spacial score (nSPS) is 11.8. The average molecular weight is 384 g/mol. The Labute approximate surface area is 152 Å². The molecule has 9 heteroatoms. The van der Waals surface area contributed by atoms with Gasteiger partial charge in [0, 0.05) is 4.90 Å². The van der Waals surface area contributed by atoms with E-state index in [2.05, 4.69) is 15.5 Å². The van der Waals surface area contributed by atoms with Crippen LogP contribution in [-0.2, 0) is 14.3 Å². The molecular formula is C15H17N3O3S3. The number of esters is 1. The van der Waals surface area contributed by atoms with E-state index in [1.807, 2.05) is 30.3 Å². The van der Waals surface area contributed by atoms with Gasteiger partial charge in [-0.2, -0.15) is 0 Å². The van der Waals surface area contributed by atoms with Gasteiger partial charge in [-0.25, -0.2) is 0 Å². The Morgan fingerprint density at radius 1 is 1.29 bits per heavy atom. The summed E-state index contributed by atoms with van der Waals surface area (Å²) < 4.78 is 5.56. The highest BCUT2D eigenvalue weighted by molar-refractivity contribution is 8.02. The van der Waals surface area contributed by atoms with Gasteiger partial charge >= 0.3 is 5.97 Å². The summed E-state index contributed by atoms with van der Waals surface area (Å²) in [6, 6.07) is 9.70. The molecule has 0 bridgehead atoms. The van der Waals surface area contributed by atoms with Crippen molar-refractivity contribution in [3.63, 3.8) is 0 Å². The van der Waals surface area contributed by atoms with Crippen LogP contribution in [0.3, 0.4) is 0 Å². The first-order valence-electron chi connectivity index (χ1n) is 7.23. The molecule has 0 unspecified atom stereocenters. The van der Waals surface area contributed by atoms with Gasteiger partial charge in [-0.15, -0.1) is 22.0 Å². The molecule has 0 spiro atoms. The summed E-state index contributed by atoms with van der Waals surface area (Å²) in [4.78, 5) is 24.6. The van der Waals surface area contributed by atoms with Gasteiger partial charge in [0.15, 0.2) is 4.34 Å². The Hall–Kier alpha value is -1.58. The van der Waals surface area contributed by atoms with E-state index in [-0.39, 0.29) is 17.1 Å². The summed E-state index contributed by atoms with van der Waals surface area (Å²) in [5.41, 5.74) is 0. The highest BCUT2D eigenvalue weighted by Crippen LogP contribution is 2.29. The molecule has 0 radical (unpaired) electrons. The molecule has 0 saturated heterocycles. The molecule has 1 amide bonds. The van der Waals surface area contributed by atoms with Crippen molar-refractivity contribution >= 4 is 51.9 Å². The quantitative estimate of drug-likeness (QED) is 0.425. The lowest BCUT2D eigenvalue weighted by molar-refractivity contribution is -0.142. The van der Waals surface area contributed by atoms with Crippen LogP contribution >= 0.6 is 34.9 Å². The predicted molar refractivity (Wildman–Crippen MR) is 97.7 cm³/mol. The van der Waals surface area contributed by atoms with Crippen molar-refractivity contribution < 1.29 is 14.3 Å². The van der Waals surface area contributed by atoms with Crippen molar-refractivity contribution in [1.29, 1.82) is 0 Å². The average Bonchev–Trinajstić information content (AvgIpc) is 3.01. The summed E-state index contributed by atoms with van der Waals surface area (Å²) in [7, 11) is 0. The number of carbonyl (C=O) groups excluding carboxylic acids is 2. The van der Waals surface area contributed by atoms with Crippen molar-refractivity contribution in [3.05, 3.63) is 30.3 Å². The number of hydrogen-bond acceptors (Lipinski definition) is 8. The second-order valence-electron chi connectivity index (χ2n) is 4.54. The maximum Gasteiger partial charge on any atom is 0.319 e.